The molecule has 0 aliphatic heterocycles. The van der Waals surface area contributed by atoms with Crippen molar-refractivity contribution >= 4 is 15.9 Å². The van der Waals surface area contributed by atoms with E-state index in [9.17, 15) is 0 Å². The van der Waals surface area contributed by atoms with E-state index in [0.29, 0.717) is 0 Å². The fourth-order valence-electron chi connectivity index (χ4n) is 1.81. The predicted octanol–water partition coefficient (Wildman–Crippen LogP) is 2.71. The Kier molecular flexibility index (Phi) is 3.89. The number of hydrogen-bond acceptors (Lipinski definition) is 3. The molecule has 1 heterocycles. The van der Waals surface area contributed by atoms with E-state index in [1.807, 2.05) is 24.4 Å². The number of hydrazine groups is 1. The third-order valence-corrected chi connectivity index (χ3v) is 3.80. The summed E-state index contributed by atoms with van der Waals surface area (Å²) < 4.78 is 1.08. The molecule has 1 unspecified atom stereocenters. The molecule has 1 aromatic carbocycles. The summed E-state index contributed by atoms with van der Waals surface area (Å²) >= 11 is 3.60. The number of aryl methyl sites for hydroxylation is 1. The van der Waals surface area contributed by atoms with E-state index < -0.39 is 0 Å². The average Bonchev–Trinajstić information content (AvgIpc) is 2.37. The van der Waals surface area contributed by atoms with Crippen molar-refractivity contribution in [2.24, 2.45) is 5.84 Å². The molecule has 0 saturated heterocycles. The van der Waals surface area contributed by atoms with Crippen molar-refractivity contribution in [2.75, 3.05) is 0 Å². The highest BCUT2D eigenvalue weighted by molar-refractivity contribution is 9.10. The maximum Gasteiger partial charge on any atom is 0.0735 e. The van der Waals surface area contributed by atoms with E-state index in [1.165, 1.54) is 5.56 Å². The lowest BCUT2D eigenvalue weighted by atomic mass is 9.99. The summed E-state index contributed by atoms with van der Waals surface area (Å²) in [7, 11) is 0. The largest absolute Gasteiger partial charge is 0.271 e. The molecular formula is C13H14BrN3. The lowest BCUT2D eigenvalue weighted by Crippen LogP contribution is -2.29. The summed E-state index contributed by atoms with van der Waals surface area (Å²) in [6.07, 6.45) is 3.57. The first-order valence-corrected chi connectivity index (χ1v) is 6.14. The zero-order chi connectivity index (χ0) is 12.3. The fraction of sp³-hybridized carbons (Fsp3) is 0.154. The minimum Gasteiger partial charge on any atom is -0.271 e. The Morgan fingerprint density at radius 2 is 2.12 bits per heavy atom. The molecule has 0 saturated carbocycles. The molecule has 0 bridgehead atoms. The van der Waals surface area contributed by atoms with Crippen molar-refractivity contribution in [3.05, 3.63) is 63.9 Å². The van der Waals surface area contributed by atoms with E-state index in [4.69, 9.17) is 5.84 Å². The predicted molar refractivity (Wildman–Crippen MR) is 72.3 cm³/mol. The van der Waals surface area contributed by atoms with Crippen molar-refractivity contribution in [3.63, 3.8) is 0 Å². The molecule has 0 fully saturated rings. The van der Waals surface area contributed by atoms with Gasteiger partial charge in [0.2, 0.25) is 0 Å². The molecule has 0 spiro atoms. The fourth-order valence-corrected chi connectivity index (χ4v) is 2.30. The SMILES string of the molecule is Cc1cccc(C(NN)c2cccnc2)c1Br. The van der Waals surface area contributed by atoms with Crippen LogP contribution in [0.4, 0.5) is 0 Å². The van der Waals surface area contributed by atoms with Gasteiger partial charge in [-0.25, -0.2) is 5.43 Å². The van der Waals surface area contributed by atoms with Crippen LogP contribution in [0.15, 0.2) is 47.2 Å². The van der Waals surface area contributed by atoms with Crippen molar-refractivity contribution in [3.8, 4) is 0 Å². The van der Waals surface area contributed by atoms with Crippen LogP contribution in [-0.2, 0) is 0 Å². The van der Waals surface area contributed by atoms with E-state index >= 15 is 0 Å². The van der Waals surface area contributed by atoms with Gasteiger partial charge in [0.1, 0.15) is 0 Å². The Labute approximate surface area is 109 Å². The Hall–Kier alpha value is -1.23. The molecule has 2 aromatic rings. The highest BCUT2D eigenvalue weighted by atomic mass is 79.9. The quantitative estimate of drug-likeness (QED) is 0.675. The second-order valence-corrected chi connectivity index (χ2v) is 4.66. The van der Waals surface area contributed by atoms with Crippen LogP contribution in [0.1, 0.15) is 22.7 Å². The maximum atomic E-state index is 5.66. The number of benzene rings is 1. The van der Waals surface area contributed by atoms with Gasteiger partial charge in [-0.15, -0.1) is 0 Å². The number of halogens is 1. The van der Waals surface area contributed by atoms with Crippen molar-refractivity contribution in [2.45, 2.75) is 13.0 Å². The molecule has 88 valence electrons. The molecule has 3 N–H and O–H groups in total. The molecule has 0 radical (unpaired) electrons. The molecular weight excluding hydrogens is 278 g/mol. The van der Waals surface area contributed by atoms with Gasteiger partial charge in [-0.1, -0.05) is 40.2 Å². The average molecular weight is 292 g/mol. The zero-order valence-corrected chi connectivity index (χ0v) is 11.1. The van der Waals surface area contributed by atoms with Gasteiger partial charge in [-0.05, 0) is 29.7 Å². The van der Waals surface area contributed by atoms with E-state index in [-0.39, 0.29) is 6.04 Å². The first-order chi connectivity index (χ1) is 8.24. The van der Waals surface area contributed by atoms with Gasteiger partial charge in [0.15, 0.2) is 0 Å². The van der Waals surface area contributed by atoms with Crippen LogP contribution in [-0.4, -0.2) is 4.98 Å². The first-order valence-electron chi connectivity index (χ1n) is 5.35. The molecule has 3 nitrogen and oxygen atoms in total. The summed E-state index contributed by atoms with van der Waals surface area (Å²) in [6.45, 7) is 2.06. The van der Waals surface area contributed by atoms with Crippen LogP contribution in [0.2, 0.25) is 0 Å². The van der Waals surface area contributed by atoms with Crippen LogP contribution in [0.3, 0.4) is 0 Å². The van der Waals surface area contributed by atoms with Gasteiger partial charge in [-0.3, -0.25) is 10.8 Å². The number of pyridine rings is 1. The smallest absolute Gasteiger partial charge is 0.0735 e. The first kappa shape index (κ1) is 12.2. The Morgan fingerprint density at radius 1 is 1.29 bits per heavy atom. The Bertz CT molecular complexity index is 499. The summed E-state index contributed by atoms with van der Waals surface area (Å²) in [5.41, 5.74) is 6.17. The number of aromatic nitrogens is 1. The number of nitrogens with zero attached hydrogens (tertiary/aromatic N) is 1. The maximum absolute atomic E-state index is 5.66. The Balaban J connectivity index is 2.46. The second-order valence-electron chi connectivity index (χ2n) is 3.86. The monoisotopic (exact) mass is 291 g/mol. The lowest BCUT2D eigenvalue weighted by Gasteiger charge is -2.18. The van der Waals surface area contributed by atoms with Crippen molar-refractivity contribution < 1.29 is 0 Å². The molecule has 0 aliphatic carbocycles. The minimum atomic E-state index is -0.0574. The van der Waals surface area contributed by atoms with Gasteiger partial charge in [0.25, 0.3) is 0 Å². The highest BCUT2D eigenvalue weighted by Gasteiger charge is 2.15. The number of nitrogens with one attached hydrogen (secondary N) is 1. The third-order valence-electron chi connectivity index (χ3n) is 2.72. The second kappa shape index (κ2) is 5.40. The van der Waals surface area contributed by atoms with Crippen LogP contribution in [0, 0.1) is 6.92 Å². The van der Waals surface area contributed by atoms with Crippen LogP contribution in [0.25, 0.3) is 0 Å². The standard InChI is InChI=1S/C13H14BrN3/c1-9-4-2-6-11(12(9)14)13(17-15)10-5-3-7-16-8-10/h2-8,13,17H,15H2,1H3. The molecule has 4 heteroatoms. The molecule has 0 amide bonds. The van der Waals surface area contributed by atoms with Gasteiger partial charge in [-0.2, -0.15) is 0 Å². The molecule has 0 aliphatic rings. The van der Waals surface area contributed by atoms with Gasteiger partial charge in [0.05, 0.1) is 6.04 Å². The highest BCUT2D eigenvalue weighted by Crippen LogP contribution is 2.29. The van der Waals surface area contributed by atoms with Gasteiger partial charge >= 0.3 is 0 Å². The summed E-state index contributed by atoms with van der Waals surface area (Å²) in [5, 5.41) is 0. The van der Waals surface area contributed by atoms with E-state index in [0.717, 1.165) is 15.6 Å². The summed E-state index contributed by atoms with van der Waals surface area (Å²) in [6, 6.07) is 9.99. The zero-order valence-electron chi connectivity index (χ0n) is 9.52. The van der Waals surface area contributed by atoms with E-state index in [1.54, 1.807) is 6.20 Å². The van der Waals surface area contributed by atoms with Crippen molar-refractivity contribution in [1.29, 1.82) is 0 Å². The third kappa shape index (κ3) is 2.54. The van der Waals surface area contributed by atoms with Gasteiger partial charge in [0, 0.05) is 16.9 Å². The summed E-state index contributed by atoms with van der Waals surface area (Å²) in [5.74, 6) is 5.66. The summed E-state index contributed by atoms with van der Waals surface area (Å²) in [4.78, 5) is 4.12. The van der Waals surface area contributed by atoms with Gasteiger partial charge < -0.3 is 0 Å². The molecule has 1 atom stereocenters. The van der Waals surface area contributed by atoms with Crippen LogP contribution < -0.4 is 11.3 Å². The van der Waals surface area contributed by atoms with E-state index in [2.05, 4.69) is 45.4 Å². The molecule has 2 rings (SSSR count). The number of hydrogen-bond donors (Lipinski definition) is 2. The Morgan fingerprint density at radius 3 is 2.76 bits per heavy atom. The van der Waals surface area contributed by atoms with Crippen LogP contribution in [0.5, 0.6) is 0 Å². The normalized spacial score (nSPS) is 12.4. The number of nitrogens with two attached hydrogens (primary N) is 1. The van der Waals surface area contributed by atoms with Crippen LogP contribution >= 0.6 is 15.9 Å². The number of rotatable bonds is 3. The minimum absolute atomic E-state index is 0.0574. The molecule has 17 heavy (non-hydrogen) atoms. The lowest BCUT2D eigenvalue weighted by molar-refractivity contribution is 0.632. The van der Waals surface area contributed by atoms with Crippen molar-refractivity contribution in [1.82, 2.24) is 10.4 Å². The topological polar surface area (TPSA) is 50.9 Å². The molecule has 1 aromatic heterocycles.